The van der Waals surface area contributed by atoms with E-state index in [4.69, 9.17) is 5.73 Å². The number of aliphatic imine (C=N–C) groups is 1. The lowest BCUT2D eigenvalue weighted by molar-refractivity contribution is 0.217. The maximum atomic E-state index is 6.14. The summed E-state index contributed by atoms with van der Waals surface area (Å²) in [6, 6.07) is 19.0. The van der Waals surface area contributed by atoms with Crippen molar-refractivity contribution in [3.63, 3.8) is 0 Å². The van der Waals surface area contributed by atoms with E-state index in [1.54, 1.807) is 0 Å². The van der Waals surface area contributed by atoms with Gasteiger partial charge in [-0.05, 0) is 52.8 Å². The molecule has 2 N–H and O–H groups in total. The van der Waals surface area contributed by atoms with Gasteiger partial charge < -0.3 is 10.6 Å². The second-order valence-electron chi connectivity index (χ2n) is 5.53. The average molecular weight is 391 g/mol. The molecule has 1 atom stereocenters. The molecule has 0 aliphatic carbocycles. The van der Waals surface area contributed by atoms with Crippen LogP contribution in [0.1, 0.15) is 18.1 Å². The third kappa shape index (κ3) is 2.77. The minimum atomic E-state index is -0.176. The predicted octanol–water partition coefficient (Wildman–Crippen LogP) is 3.34. The second kappa shape index (κ2) is 5.67. The largest absolute Gasteiger partial charge is 0.370 e. The number of nitrogens with zero attached hydrogens (tertiary/aromatic N) is 2. The summed E-state index contributed by atoms with van der Waals surface area (Å²) in [5, 5.41) is 0. The highest BCUT2D eigenvalue weighted by Gasteiger charge is 2.39. The van der Waals surface area contributed by atoms with Gasteiger partial charge in [0.2, 0.25) is 0 Å². The smallest absolute Gasteiger partial charge is 0.192 e. The maximum Gasteiger partial charge on any atom is 0.192 e. The van der Waals surface area contributed by atoms with Crippen LogP contribution in [0.25, 0.3) is 0 Å². The highest BCUT2D eigenvalue weighted by atomic mass is 127. The first-order chi connectivity index (χ1) is 10.1. The third-order valence-corrected chi connectivity index (χ3v) is 4.79. The van der Waals surface area contributed by atoms with Crippen molar-refractivity contribution in [3.05, 3.63) is 69.3 Å². The Kier molecular flexibility index (Phi) is 3.89. The molecule has 1 heterocycles. The highest BCUT2D eigenvalue weighted by Crippen LogP contribution is 2.34. The Balaban J connectivity index is 1.92. The van der Waals surface area contributed by atoms with E-state index in [0.29, 0.717) is 12.5 Å². The van der Waals surface area contributed by atoms with Crippen LogP contribution in [0, 0.1) is 3.57 Å². The summed E-state index contributed by atoms with van der Waals surface area (Å²) in [4.78, 5) is 6.68. The van der Waals surface area contributed by atoms with Gasteiger partial charge >= 0.3 is 0 Å². The second-order valence-corrected chi connectivity index (χ2v) is 6.77. The molecule has 3 nitrogen and oxygen atoms in total. The number of guanidine groups is 1. The van der Waals surface area contributed by atoms with E-state index in [0.717, 1.165) is 6.54 Å². The van der Waals surface area contributed by atoms with Gasteiger partial charge in [-0.15, -0.1) is 0 Å². The summed E-state index contributed by atoms with van der Waals surface area (Å²) < 4.78 is 1.24. The molecule has 1 aliphatic heterocycles. The minimum absolute atomic E-state index is 0.176. The van der Waals surface area contributed by atoms with Crippen LogP contribution < -0.4 is 5.73 Å². The first-order valence-electron chi connectivity index (χ1n) is 6.97. The fourth-order valence-corrected chi connectivity index (χ4v) is 3.10. The van der Waals surface area contributed by atoms with Crippen LogP contribution in [-0.4, -0.2) is 17.4 Å². The van der Waals surface area contributed by atoms with Gasteiger partial charge in [0, 0.05) is 10.1 Å². The predicted molar refractivity (Wildman–Crippen MR) is 95.0 cm³/mol. The first-order valence-corrected chi connectivity index (χ1v) is 8.05. The van der Waals surface area contributed by atoms with Gasteiger partial charge in [-0.25, -0.2) is 0 Å². The van der Waals surface area contributed by atoms with Crippen molar-refractivity contribution in [2.45, 2.75) is 19.0 Å². The molecule has 108 valence electrons. The van der Waals surface area contributed by atoms with Crippen LogP contribution >= 0.6 is 22.6 Å². The number of halogens is 1. The molecule has 0 radical (unpaired) electrons. The number of rotatable bonds is 3. The molecule has 0 spiro atoms. The van der Waals surface area contributed by atoms with Crippen LogP contribution in [0.15, 0.2) is 59.6 Å². The van der Waals surface area contributed by atoms with Crippen molar-refractivity contribution in [1.82, 2.24) is 4.90 Å². The molecule has 0 aromatic heterocycles. The normalized spacial score (nSPS) is 21.4. The molecule has 0 bridgehead atoms. The van der Waals surface area contributed by atoms with Gasteiger partial charge in [0.15, 0.2) is 5.96 Å². The Morgan fingerprint density at radius 2 is 1.81 bits per heavy atom. The van der Waals surface area contributed by atoms with Crippen LogP contribution in [0.2, 0.25) is 0 Å². The number of benzene rings is 2. The maximum absolute atomic E-state index is 6.14. The van der Waals surface area contributed by atoms with E-state index in [1.807, 2.05) is 6.07 Å². The first kappa shape index (κ1) is 14.4. The molecule has 4 heteroatoms. The van der Waals surface area contributed by atoms with Gasteiger partial charge in [0.05, 0.1) is 12.1 Å². The fourth-order valence-electron chi connectivity index (χ4n) is 2.74. The van der Waals surface area contributed by atoms with Crippen molar-refractivity contribution in [3.8, 4) is 0 Å². The molecule has 0 saturated heterocycles. The number of hydrogen-bond acceptors (Lipinski definition) is 3. The summed E-state index contributed by atoms with van der Waals surface area (Å²) in [6.45, 7) is 3.69. The fraction of sp³-hybridized carbons (Fsp3) is 0.235. The van der Waals surface area contributed by atoms with E-state index in [2.05, 4.69) is 87.9 Å². The summed E-state index contributed by atoms with van der Waals surface area (Å²) in [5.74, 6) is 0.625. The average Bonchev–Trinajstić information content (AvgIpc) is 2.78. The molecule has 1 unspecified atom stereocenters. The van der Waals surface area contributed by atoms with Crippen molar-refractivity contribution in [1.29, 1.82) is 0 Å². The topological polar surface area (TPSA) is 41.6 Å². The standard InChI is InChI=1S/C17H18IN3/c1-17(14-7-9-15(18)10-8-14)12-20-16(19)21(17)11-13-5-3-2-4-6-13/h2-10H,11-12H2,1H3,(H2,19,20). The van der Waals surface area contributed by atoms with Crippen LogP contribution in [-0.2, 0) is 12.1 Å². The van der Waals surface area contributed by atoms with Crippen molar-refractivity contribution in [2.75, 3.05) is 6.54 Å². The molecule has 0 amide bonds. The molecule has 0 fully saturated rings. The van der Waals surface area contributed by atoms with E-state index in [1.165, 1.54) is 14.7 Å². The number of nitrogens with two attached hydrogens (primary N) is 1. The van der Waals surface area contributed by atoms with Gasteiger partial charge in [0.1, 0.15) is 0 Å². The Morgan fingerprint density at radius 1 is 1.14 bits per heavy atom. The summed E-state index contributed by atoms with van der Waals surface area (Å²) in [5.41, 5.74) is 8.47. The van der Waals surface area contributed by atoms with Gasteiger partial charge in [-0.1, -0.05) is 42.5 Å². The summed E-state index contributed by atoms with van der Waals surface area (Å²) >= 11 is 2.33. The van der Waals surface area contributed by atoms with E-state index in [-0.39, 0.29) is 5.54 Å². The molecule has 2 aromatic carbocycles. The molecule has 21 heavy (non-hydrogen) atoms. The molecular weight excluding hydrogens is 373 g/mol. The highest BCUT2D eigenvalue weighted by molar-refractivity contribution is 14.1. The Labute approximate surface area is 139 Å². The molecule has 3 rings (SSSR count). The SMILES string of the molecule is CC1(c2ccc(I)cc2)CN=C(N)N1Cc1ccccc1. The van der Waals surface area contributed by atoms with Crippen LogP contribution in [0.5, 0.6) is 0 Å². The van der Waals surface area contributed by atoms with Crippen molar-refractivity contribution in [2.24, 2.45) is 10.7 Å². The third-order valence-electron chi connectivity index (χ3n) is 4.07. The minimum Gasteiger partial charge on any atom is -0.370 e. The lowest BCUT2D eigenvalue weighted by Crippen LogP contribution is -2.46. The lowest BCUT2D eigenvalue weighted by atomic mass is 9.91. The molecule has 1 aliphatic rings. The van der Waals surface area contributed by atoms with Gasteiger partial charge in [-0.3, -0.25) is 4.99 Å². The monoisotopic (exact) mass is 391 g/mol. The summed E-state index contributed by atoms with van der Waals surface area (Å²) in [7, 11) is 0. The molecule has 0 saturated carbocycles. The van der Waals surface area contributed by atoms with E-state index in [9.17, 15) is 0 Å². The van der Waals surface area contributed by atoms with Crippen LogP contribution in [0.4, 0.5) is 0 Å². The van der Waals surface area contributed by atoms with E-state index < -0.39 is 0 Å². The quantitative estimate of drug-likeness (QED) is 0.816. The van der Waals surface area contributed by atoms with Gasteiger partial charge in [0.25, 0.3) is 0 Å². The van der Waals surface area contributed by atoms with Crippen LogP contribution in [0.3, 0.4) is 0 Å². The summed E-state index contributed by atoms with van der Waals surface area (Å²) in [6.07, 6.45) is 0. The van der Waals surface area contributed by atoms with Gasteiger partial charge in [-0.2, -0.15) is 0 Å². The zero-order valence-corrected chi connectivity index (χ0v) is 14.1. The van der Waals surface area contributed by atoms with E-state index >= 15 is 0 Å². The van der Waals surface area contributed by atoms with Crippen molar-refractivity contribution >= 4 is 28.6 Å². The zero-order valence-electron chi connectivity index (χ0n) is 12.0. The number of hydrogen-bond donors (Lipinski definition) is 1. The Bertz CT molecular complexity index is 651. The lowest BCUT2D eigenvalue weighted by Gasteiger charge is -2.37. The molecule has 2 aromatic rings. The zero-order chi connectivity index (χ0) is 14.9. The Hall–Kier alpha value is -1.56. The Morgan fingerprint density at radius 3 is 2.48 bits per heavy atom. The molecular formula is C17H18IN3. The van der Waals surface area contributed by atoms with Crippen molar-refractivity contribution < 1.29 is 0 Å².